The van der Waals surface area contributed by atoms with Crippen LogP contribution >= 0.6 is 0 Å². The lowest BCUT2D eigenvalue weighted by Crippen LogP contribution is -2.19. The van der Waals surface area contributed by atoms with Gasteiger partial charge in [0.05, 0.1) is 16.8 Å². The Morgan fingerprint density at radius 2 is 1.50 bits per heavy atom. The Kier molecular flexibility index (Phi) is 6.43. The molecule has 0 fully saturated rings. The highest BCUT2D eigenvalue weighted by Crippen LogP contribution is 2.40. The average molecular weight is 446 g/mol. The number of halogens is 9. The van der Waals surface area contributed by atoms with E-state index in [1.165, 1.54) is 0 Å². The second-order valence-corrected chi connectivity index (χ2v) is 6.29. The molecule has 1 atom stereocenters. The van der Waals surface area contributed by atoms with Crippen LogP contribution in [0, 0.1) is 0 Å². The Balaban J connectivity index is 2.54. The highest BCUT2D eigenvalue weighted by molar-refractivity contribution is 5.63. The zero-order valence-electron chi connectivity index (χ0n) is 15.4. The highest BCUT2D eigenvalue weighted by atomic mass is 19.4. The first-order valence-electron chi connectivity index (χ1n) is 8.39. The summed E-state index contributed by atoms with van der Waals surface area (Å²) in [6, 6.07) is 0.731. The van der Waals surface area contributed by atoms with Crippen molar-refractivity contribution in [2.45, 2.75) is 44.8 Å². The molecule has 0 unspecified atom stereocenters. The van der Waals surface area contributed by atoms with E-state index in [4.69, 9.17) is 0 Å². The van der Waals surface area contributed by atoms with E-state index in [-0.39, 0.29) is 12.1 Å². The molecule has 1 heterocycles. The maximum absolute atomic E-state index is 13.3. The largest absolute Gasteiger partial charge is 0.433 e. The molecule has 0 aliphatic heterocycles. The Hall–Kier alpha value is -2.73. The zero-order chi connectivity index (χ0) is 22.9. The van der Waals surface area contributed by atoms with E-state index in [0.717, 1.165) is 0 Å². The number of benzene rings is 1. The summed E-state index contributed by atoms with van der Waals surface area (Å²) in [5.74, 6) is -1.17. The number of nitrogens with one attached hydrogen (secondary N) is 2. The quantitative estimate of drug-likeness (QED) is 0.516. The van der Waals surface area contributed by atoms with Crippen molar-refractivity contribution in [2.24, 2.45) is 0 Å². The summed E-state index contributed by atoms with van der Waals surface area (Å²) in [5.41, 5.74) is -5.60. The van der Waals surface area contributed by atoms with Gasteiger partial charge in [-0.15, -0.1) is 0 Å². The summed E-state index contributed by atoms with van der Waals surface area (Å²) in [6.45, 7) is 3.34. The van der Waals surface area contributed by atoms with Gasteiger partial charge in [0.15, 0.2) is 5.69 Å². The van der Waals surface area contributed by atoms with Crippen LogP contribution < -0.4 is 10.6 Å². The van der Waals surface area contributed by atoms with E-state index in [1.54, 1.807) is 13.8 Å². The fraction of sp³-hybridized carbons (Fsp3) is 0.412. The van der Waals surface area contributed by atoms with Gasteiger partial charge in [-0.1, -0.05) is 6.92 Å². The number of rotatable bonds is 5. The molecule has 2 aromatic rings. The lowest BCUT2D eigenvalue weighted by Gasteiger charge is -2.18. The summed E-state index contributed by atoms with van der Waals surface area (Å²) in [4.78, 5) is 7.00. The topological polar surface area (TPSA) is 49.8 Å². The van der Waals surface area contributed by atoms with Crippen LogP contribution in [0.25, 0.3) is 0 Å². The molecule has 0 saturated heterocycles. The molecule has 0 aliphatic carbocycles. The van der Waals surface area contributed by atoms with Crippen molar-refractivity contribution in [3.63, 3.8) is 0 Å². The number of aromatic nitrogens is 2. The Labute approximate surface area is 164 Å². The van der Waals surface area contributed by atoms with Gasteiger partial charge in [0.25, 0.3) is 0 Å². The third-order valence-corrected chi connectivity index (χ3v) is 3.92. The first-order valence-corrected chi connectivity index (χ1v) is 8.39. The van der Waals surface area contributed by atoms with Crippen molar-refractivity contribution < 1.29 is 39.5 Å². The minimum Gasteiger partial charge on any atom is -0.352 e. The minimum atomic E-state index is -5.21. The summed E-state index contributed by atoms with van der Waals surface area (Å²) in [7, 11) is 0. The van der Waals surface area contributed by atoms with Gasteiger partial charge in [0, 0.05) is 12.1 Å². The van der Waals surface area contributed by atoms with Gasteiger partial charge in [0.1, 0.15) is 5.82 Å². The molecular formula is C17H15F9N4. The molecule has 30 heavy (non-hydrogen) atoms. The minimum absolute atomic E-state index is 0.132. The van der Waals surface area contributed by atoms with Crippen molar-refractivity contribution >= 4 is 17.5 Å². The van der Waals surface area contributed by atoms with Crippen LogP contribution in [0.1, 0.15) is 37.1 Å². The second kappa shape index (κ2) is 8.19. The Morgan fingerprint density at radius 1 is 0.867 bits per heavy atom. The summed E-state index contributed by atoms with van der Waals surface area (Å²) in [6.07, 6.45) is -14.7. The third-order valence-electron chi connectivity index (χ3n) is 3.92. The molecule has 1 aromatic carbocycles. The van der Waals surface area contributed by atoms with E-state index in [1.807, 2.05) is 5.32 Å². The van der Waals surface area contributed by atoms with Crippen LogP contribution in [-0.2, 0) is 18.5 Å². The van der Waals surface area contributed by atoms with Crippen LogP contribution in [0.15, 0.2) is 24.3 Å². The van der Waals surface area contributed by atoms with Crippen molar-refractivity contribution in [3.05, 3.63) is 41.1 Å². The molecule has 0 amide bonds. The third kappa shape index (κ3) is 5.89. The first-order chi connectivity index (χ1) is 13.6. The van der Waals surface area contributed by atoms with Gasteiger partial charge in [-0.25, -0.2) is 4.98 Å². The van der Waals surface area contributed by atoms with E-state index < -0.39 is 52.8 Å². The van der Waals surface area contributed by atoms with E-state index in [2.05, 4.69) is 15.3 Å². The van der Waals surface area contributed by atoms with E-state index in [9.17, 15) is 39.5 Å². The van der Waals surface area contributed by atoms with Gasteiger partial charge in [-0.3, -0.25) is 0 Å². The fourth-order valence-electron chi connectivity index (χ4n) is 2.25. The standard InChI is InChI=1S/C17H15F9N4/c1-3-8(2)27-14-29-12(17(24,25)26)7-13(30-14)28-11-5-4-9(15(18,19)20)6-10(11)16(21,22)23/h4-8H,3H2,1-2H3,(H2,27,28,29,30)/t8-/m1/s1. The van der Waals surface area contributed by atoms with Crippen molar-refractivity contribution in [2.75, 3.05) is 10.6 Å². The molecule has 166 valence electrons. The van der Waals surface area contributed by atoms with Crippen LogP contribution in [-0.4, -0.2) is 16.0 Å². The Bertz CT molecular complexity index is 888. The second-order valence-electron chi connectivity index (χ2n) is 6.29. The fourth-order valence-corrected chi connectivity index (χ4v) is 2.25. The maximum atomic E-state index is 13.3. The molecule has 13 heteroatoms. The Morgan fingerprint density at radius 3 is 2.00 bits per heavy atom. The number of hydrogen-bond acceptors (Lipinski definition) is 4. The van der Waals surface area contributed by atoms with E-state index >= 15 is 0 Å². The molecule has 1 aromatic heterocycles. The van der Waals surface area contributed by atoms with Gasteiger partial charge >= 0.3 is 18.5 Å². The van der Waals surface area contributed by atoms with Gasteiger partial charge < -0.3 is 10.6 Å². The molecular weight excluding hydrogens is 431 g/mol. The number of anilines is 3. The first kappa shape index (κ1) is 23.5. The molecule has 0 radical (unpaired) electrons. The van der Waals surface area contributed by atoms with Gasteiger partial charge in [0.2, 0.25) is 5.95 Å². The van der Waals surface area contributed by atoms with Crippen LogP contribution in [0.4, 0.5) is 57.0 Å². The highest BCUT2D eigenvalue weighted by Gasteiger charge is 2.39. The van der Waals surface area contributed by atoms with Crippen molar-refractivity contribution in [3.8, 4) is 0 Å². The molecule has 0 spiro atoms. The van der Waals surface area contributed by atoms with Gasteiger partial charge in [-0.2, -0.15) is 44.5 Å². The monoisotopic (exact) mass is 446 g/mol. The average Bonchev–Trinajstić information content (AvgIpc) is 2.59. The van der Waals surface area contributed by atoms with Crippen molar-refractivity contribution in [1.82, 2.24) is 9.97 Å². The lowest BCUT2D eigenvalue weighted by molar-refractivity contribution is -0.143. The van der Waals surface area contributed by atoms with Gasteiger partial charge in [-0.05, 0) is 31.5 Å². The van der Waals surface area contributed by atoms with Crippen molar-refractivity contribution in [1.29, 1.82) is 0 Å². The molecule has 0 saturated carbocycles. The molecule has 4 nitrogen and oxygen atoms in total. The smallest absolute Gasteiger partial charge is 0.352 e. The van der Waals surface area contributed by atoms with Crippen LogP contribution in [0.2, 0.25) is 0 Å². The lowest BCUT2D eigenvalue weighted by atomic mass is 10.1. The normalized spacial score (nSPS) is 13.8. The maximum Gasteiger partial charge on any atom is 0.433 e. The SMILES string of the molecule is CC[C@@H](C)Nc1nc(Nc2ccc(C(F)(F)F)cc2C(F)(F)F)cc(C(F)(F)F)n1. The molecule has 2 N–H and O–H groups in total. The number of alkyl halides is 9. The molecule has 0 bridgehead atoms. The summed E-state index contributed by atoms with van der Waals surface area (Å²) < 4.78 is 117. The van der Waals surface area contributed by atoms with E-state index in [0.29, 0.717) is 24.6 Å². The zero-order valence-corrected chi connectivity index (χ0v) is 15.4. The number of nitrogens with zero attached hydrogens (tertiary/aromatic N) is 2. The van der Waals surface area contributed by atoms with Crippen LogP contribution in [0.5, 0.6) is 0 Å². The predicted octanol–water partition coefficient (Wildman–Crippen LogP) is 6.49. The van der Waals surface area contributed by atoms with Crippen LogP contribution in [0.3, 0.4) is 0 Å². The molecule has 0 aliphatic rings. The molecule has 2 rings (SSSR count). The summed E-state index contributed by atoms with van der Waals surface area (Å²) >= 11 is 0. The number of hydrogen-bond donors (Lipinski definition) is 2. The summed E-state index contributed by atoms with van der Waals surface area (Å²) in [5, 5.41) is 4.59. The predicted molar refractivity (Wildman–Crippen MR) is 90.1 cm³/mol.